The second kappa shape index (κ2) is 11.8. The number of carbonyl (C=O) groups excluding carboxylic acids is 1. The minimum absolute atomic E-state index is 0.0304. The van der Waals surface area contributed by atoms with Crippen molar-refractivity contribution in [2.45, 2.75) is 45.3 Å². The molecule has 1 aliphatic heterocycles. The molecule has 0 bridgehead atoms. The average molecular weight is 437 g/mol. The van der Waals surface area contributed by atoms with E-state index in [1.54, 1.807) is 4.90 Å². The molecule has 4 N–H and O–H groups in total. The zero-order chi connectivity index (χ0) is 22.9. The van der Waals surface area contributed by atoms with Crippen LogP contribution in [-0.2, 0) is 6.42 Å². The van der Waals surface area contributed by atoms with E-state index in [-0.39, 0.29) is 11.9 Å². The summed E-state index contributed by atoms with van der Waals surface area (Å²) < 4.78 is 0. The number of hydrogen-bond donors (Lipinski definition) is 4. The van der Waals surface area contributed by atoms with Crippen LogP contribution in [0.2, 0.25) is 0 Å². The third-order valence-corrected chi connectivity index (χ3v) is 5.97. The van der Waals surface area contributed by atoms with Gasteiger partial charge in [0.15, 0.2) is 0 Å². The lowest BCUT2D eigenvalue weighted by Gasteiger charge is -2.23. The molecule has 0 aromatic heterocycles. The number of amides is 1. The molecule has 172 valence electrons. The number of aliphatic hydroxyl groups excluding tert-OH is 1. The Morgan fingerprint density at radius 1 is 1.12 bits per heavy atom. The molecule has 2 aromatic rings. The van der Waals surface area contributed by atoms with E-state index in [2.05, 4.69) is 30.0 Å². The van der Waals surface area contributed by atoms with Crippen molar-refractivity contribution in [3.05, 3.63) is 82.6 Å². The van der Waals surface area contributed by atoms with E-state index in [1.807, 2.05) is 61.6 Å². The van der Waals surface area contributed by atoms with Crippen molar-refractivity contribution in [1.82, 2.24) is 21.1 Å². The van der Waals surface area contributed by atoms with Crippen molar-refractivity contribution in [3.8, 4) is 0 Å². The molecule has 1 amide bonds. The Morgan fingerprint density at radius 2 is 1.84 bits per heavy atom. The molecule has 0 radical (unpaired) electrons. The molecule has 2 unspecified atom stereocenters. The summed E-state index contributed by atoms with van der Waals surface area (Å²) in [6, 6.07) is 17.7. The minimum atomic E-state index is -0.507. The van der Waals surface area contributed by atoms with E-state index >= 15 is 0 Å². The van der Waals surface area contributed by atoms with Crippen LogP contribution in [0.25, 0.3) is 0 Å². The van der Waals surface area contributed by atoms with Crippen LogP contribution in [0.3, 0.4) is 0 Å². The van der Waals surface area contributed by atoms with Crippen LogP contribution in [0.5, 0.6) is 0 Å². The van der Waals surface area contributed by atoms with Crippen LogP contribution in [0.4, 0.5) is 0 Å². The summed E-state index contributed by atoms with van der Waals surface area (Å²) in [6.07, 6.45) is 2.45. The van der Waals surface area contributed by atoms with Gasteiger partial charge >= 0.3 is 0 Å². The molecular weight excluding hydrogens is 400 g/mol. The first kappa shape index (κ1) is 24.0. The molecule has 32 heavy (non-hydrogen) atoms. The summed E-state index contributed by atoms with van der Waals surface area (Å²) in [7, 11) is 1.86. The lowest BCUT2D eigenvalue weighted by molar-refractivity contribution is 0.0786. The zero-order valence-electron chi connectivity index (χ0n) is 19.4. The van der Waals surface area contributed by atoms with Crippen molar-refractivity contribution in [3.63, 3.8) is 0 Å². The Hall–Kier alpha value is -2.67. The van der Waals surface area contributed by atoms with Gasteiger partial charge in [0.2, 0.25) is 0 Å². The predicted molar refractivity (Wildman–Crippen MR) is 129 cm³/mol. The topological polar surface area (TPSA) is 76.6 Å². The number of nitrogens with one attached hydrogen (secondary N) is 3. The lowest BCUT2D eigenvalue weighted by atomic mass is 10.0. The average Bonchev–Trinajstić information content (AvgIpc) is 3.16. The summed E-state index contributed by atoms with van der Waals surface area (Å²) in [4.78, 5) is 14.7. The Balaban J connectivity index is 1.44. The van der Waals surface area contributed by atoms with Crippen LogP contribution in [0.1, 0.15) is 54.3 Å². The number of nitrogens with zero attached hydrogens (tertiary/aromatic N) is 1. The summed E-state index contributed by atoms with van der Waals surface area (Å²) in [5, 5.41) is 13.5. The minimum Gasteiger partial charge on any atom is -0.387 e. The van der Waals surface area contributed by atoms with Gasteiger partial charge in [0.25, 0.3) is 5.91 Å². The summed E-state index contributed by atoms with van der Waals surface area (Å²) in [5.74, 6) is 0.0304. The maximum absolute atomic E-state index is 12.9. The summed E-state index contributed by atoms with van der Waals surface area (Å²) >= 11 is 0. The lowest BCUT2D eigenvalue weighted by Crippen LogP contribution is -2.43. The monoisotopic (exact) mass is 436 g/mol. The van der Waals surface area contributed by atoms with Crippen LogP contribution in [-0.4, -0.2) is 48.6 Å². The third-order valence-electron chi connectivity index (χ3n) is 5.97. The predicted octanol–water partition coefficient (Wildman–Crippen LogP) is 3.17. The fraction of sp³-hybridized carbons (Fsp3) is 0.423. The highest BCUT2D eigenvalue weighted by atomic mass is 16.3. The van der Waals surface area contributed by atoms with Crippen LogP contribution < -0.4 is 16.2 Å². The molecular formula is C26H36N4O2. The molecule has 0 aliphatic carbocycles. The molecule has 2 aromatic carbocycles. The molecule has 1 aliphatic rings. The second-order valence-electron chi connectivity index (χ2n) is 8.49. The Labute approximate surface area is 191 Å². The fourth-order valence-corrected chi connectivity index (χ4v) is 4.07. The number of likely N-dealkylation sites (N-methyl/N-ethyl adjacent to an activating group) is 1. The third kappa shape index (κ3) is 6.42. The van der Waals surface area contributed by atoms with Crippen molar-refractivity contribution >= 4 is 5.91 Å². The molecule has 0 saturated carbocycles. The Bertz CT molecular complexity index is 896. The van der Waals surface area contributed by atoms with E-state index in [4.69, 9.17) is 0 Å². The fourth-order valence-electron chi connectivity index (χ4n) is 4.07. The normalized spacial score (nSPS) is 16.7. The van der Waals surface area contributed by atoms with Crippen molar-refractivity contribution in [2.24, 2.45) is 0 Å². The number of allylic oxidation sites excluding steroid dienone is 1. The standard InChI is InChI=1S/C26H36N4O2/c1-4-8-23-19(2)28-29-24(23)18-30(3)26(32)22-13-11-20(12-14-22)15-16-27-17-25(31)21-9-6-5-7-10-21/h5-7,9-14,24-25,27-29,31H,4,8,15-18H2,1-3H3. The van der Waals surface area contributed by atoms with Crippen molar-refractivity contribution < 1.29 is 9.90 Å². The summed E-state index contributed by atoms with van der Waals surface area (Å²) in [6.45, 7) is 6.17. The quantitative estimate of drug-likeness (QED) is 0.407. The molecule has 2 atom stereocenters. The maximum Gasteiger partial charge on any atom is 0.253 e. The van der Waals surface area contributed by atoms with Gasteiger partial charge in [0.05, 0.1) is 12.1 Å². The highest BCUT2D eigenvalue weighted by molar-refractivity contribution is 5.94. The molecule has 0 spiro atoms. The zero-order valence-corrected chi connectivity index (χ0v) is 19.4. The molecule has 1 heterocycles. The molecule has 0 saturated heterocycles. The Morgan fingerprint density at radius 3 is 2.53 bits per heavy atom. The van der Waals surface area contributed by atoms with Gasteiger partial charge in [-0.25, -0.2) is 5.43 Å². The largest absolute Gasteiger partial charge is 0.387 e. The van der Waals surface area contributed by atoms with Gasteiger partial charge in [-0.1, -0.05) is 55.8 Å². The highest BCUT2D eigenvalue weighted by Crippen LogP contribution is 2.19. The van der Waals surface area contributed by atoms with Gasteiger partial charge in [-0.15, -0.1) is 0 Å². The molecule has 3 rings (SSSR count). The van der Waals surface area contributed by atoms with E-state index < -0.39 is 6.10 Å². The number of aliphatic hydroxyl groups is 1. The first-order chi connectivity index (χ1) is 15.5. The van der Waals surface area contributed by atoms with Crippen molar-refractivity contribution in [1.29, 1.82) is 0 Å². The Kier molecular flexibility index (Phi) is 8.85. The first-order valence-corrected chi connectivity index (χ1v) is 11.5. The number of rotatable bonds is 11. The first-order valence-electron chi connectivity index (χ1n) is 11.5. The second-order valence-corrected chi connectivity index (χ2v) is 8.49. The van der Waals surface area contributed by atoms with E-state index in [9.17, 15) is 9.90 Å². The number of hydrogen-bond acceptors (Lipinski definition) is 5. The molecule has 0 fully saturated rings. The number of carbonyl (C=O) groups is 1. The molecule has 6 nitrogen and oxygen atoms in total. The van der Waals surface area contributed by atoms with Gasteiger partial charge < -0.3 is 20.7 Å². The van der Waals surface area contributed by atoms with E-state index in [1.165, 1.54) is 11.3 Å². The van der Waals surface area contributed by atoms with E-state index in [0.717, 1.165) is 36.9 Å². The maximum atomic E-state index is 12.9. The summed E-state index contributed by atoms with van der Waals surface area (Å²) in [5.41, 5.74) is 11.8. The van der Waals surface area contributed by atoms with Crippen LogP contribution in [0, 0.1) is 0 Å². The van der Waals surface area contributed by atoms with Gasteiger partial charge in [-0.05, 0) is 55.1 Å². The van der Waals surface area contributed by atoms with E-state index in [0.29, 0.717) is 18.7 Å². The number of hydrazine groups is 1. The van der Waals surface area contributed by atoms with Gasteiger partial charge in [0.1, 0.15) is 0 Å². The van der Waals surface area contributed by atoms with Gasteiger partial charge in [0, 0.05) is 31.4 Å². The van der Waals surface area contributed by atoms with Crippen LogP contribution >= 0.6 is 0 Å². The van der Waals surface area contributed by atoms with Gasteiger partial charge in [-0.2, -0.15) is 0 Å². The SMILES string of the molecule is CCCC1=C(C)NNC1CN(C)C(=O)c1ccc(CCNCC(O)c2ccccc2)cc1. The molecule has 6 heteroatoms. The van der Waals surface area contributed by atoms with Crippen molar-refractivity contribution in [2.75, 3.05) is 26.7 Å². The smallest absolute Gasteiger partial charge is 0.253 e. The van der Waals surface area contributed by atoms with Crippen LogP contribution in [0.15, 0.2) is 65.9 Å². The number of benzene rings is 2. The highest BCUT2D eigenvalue weighted by Gasteiger charge is 2.25. The van der Waals surface area contributed by atoms with Gasteiger partial charge in [-0.3, -0.25) is 4.79 Å².